The summed E-state index contributed by atoms with van der Waals surface area (Å²) >= 11 is 0. The summed E-state index contributed by atoms with van der Waals surface area (Å²) in [7, 11) is 0. The maximum Gasteiger partial charge on any atom is 0.229 e. The van der Waals surface area contributed by atoms with Gasteiger partial charge in [0, 0.05) is 25.1 Å². The fourth-order valence-electron chi connectivity index (χ4n) is 2.35. The van der Waals surface area contributed by atoms with Crippen LogP contribution in [0.25, 0.3) is 5.65 Å². The van der Waals surface area contributed by atoms with Crippen molar-refractivity contribution in [1.29, 1.82) is 0 Å². The number of anilines is 1. The molecule has 18 heavy (non-hydrogen) atoms. The average Bonchev–Trinajstić information content (AvgIpc) is 3.16. The van der Waals surface area contributed by atoms with Crippen molar-refractivity contribution in [3.05, 3.63) is 18.1 Å². The maximum absolute atomic E-state index is 5.37. The normalized spacial score (nSPS) is 20.6. The summed E-state index contributed by atoms with van der Waals surface area (Å²) in [6.45, 7) is 3.25. The first kappa shape index (κ1) is 10.3. The van der Waals surface area contributed by atoms with Crippen LogP contribution in [0.5, 0.6) is 0 Å². The van der Waals surface area contributed by atoms with Crippen LogP contribution < -0.4 is 4.90 Å². The molecule has 2 fully saturated rings. The van der Waals surface area contributed by atoms with Crippen molar-refractivity contribution in [3.63, 3.8) is 0 Å². The Kier molecular flexibility index (Phi) is 2.23. The zero-order valence-electron chi connectivity index (χ0n) is 10.1. The van der Waals surface area contributed by atoms with Crippen LogP contribution in [0.1, 0.15) is 24.6 Å². The van der Waals surface area contributed by atoms with Gasteiger partial charge in [-0.1, -0.05) is 0 Å². The van der Waals surface area contributed by atoms with Crippen LogP contribution in [0, 0.1) is 0 Å². The number of hydrogen-bond acceptors (Lipinski definition) is 5. The first-order valence-corrected chi connectivity index (χ1v) is 6.46. The molecule has 6 heteroatoms. The molecule has 1 aliphatic heterocycles. The Bertz CT molecular complexity index is 571. The van der Waals surface area contributed by atoms with E-state index in [-0.39, 0.29) is 0 Å². The largest absolute Gasteiger partial charge is 0.378 e. The molecule has 0 atom stereocenters. The van der Waals surface area contributed by atoms with Gasteiger partial charge in [-0.15, -0.1) is 0 Å². The molecule has 2 aromatic heterocycles. The molecule has 0 N–H and O–H groups in total. The zero-order chi connectivity index (χ0) is 11.9. The van der Waals surface area contributed by atoms with Crippen LogP contribution in [0.15, 0.2) is 12.3 Å². The summed E-state index contributed by atoms with van der Waals surface area (Å²) in [5.41, 5.74) is 0.897. The van der Waals surface area contributed by atoms with E-state index >= 15 is 0 Å². The van der Waals surface area contributed by atoms with Crippen LogP contribution in [0.3, 0.4) is 0 Å². The smallest absolute Gasteiger partial charge is 0.229 e. The van der Waals surface area contributed by atoms with E-state index < -0.39 is 0 Å². The summed E-state index contributed by atoms with van der Waals surface area (Å²) in [5.74, 6) is 2.45. The van der Waals surface area contributed by atoms with E-state index in [1.807, 2.05) is 10.6 Å². The highest BCUT2D eigenvalue weighted by atomic mass is 16.5. The summed E-state index contributed by atoms with van der Waals surface area (Å²) in [5, 5.41) is 4.31. The molecule has 6 nitrogen and oxygen atoms in total. The zero-order valence-corrected chi connectivity index (χ0v) is 10.1. The molecule has 0 unspecified atom stereocenters. The Labute approximate surface area is 105 Å². The third-order valence-corrected chi connectivity index (χ3v) is 3.51. The second-order valence-electron chi connectivity index (χ2n) is 4.86. The van der Waals surface area contributed by atoms with E-state index in [2.05, 4.69) is 15.0 Å². The molecule has 1 saturated heterocycles. The maximum atomic E-state index is 5.37. The number of morpholine rings is 1. The SMILES string of the molecule is c1cc2nc(N3CCOCC3)nc(C3CC3)n2n1. The second kappa shape index (κ2) is 3.91. The van der Waals surface area contributed by atoms with Crippen molar-refractivity contribution in [2.75, 3.05) is 31.2 Å². The van der Waals surface area contributed by atoms with Crippen molar-refractivity contribution in [2.45, 2.75) is 18.8 Å². The molecule has 1 aliphatic carbocycles. The van der Waals surface area contributed by atoms with E-state index in [0.717, 1.165) is 43.7 Å². The lowest BCUT2D eigenvalue weighted by Gasteiger charge is -2.27. The Hall–Kier alpha value is -1.69. The lowest BCUT2D eigenvalue weighted by atomic mass is 10.4. The Morgan fingerprint density at radius 1 is 1.17 bits per heavy atom. The van der Waals surface area contributed by atoms with E-state index in [9.17, 15) is 0 Å². The van der Waals surface area contributed by atoms with E-state index in [0.29, 0.717) is 5.92 Å². The van der Waals surface area contributed by atoms with Crippen molar-refractivity contribution in [3.8, 4) is 0 Å². The fourth-order valence-corrected chi connectivity index (χ4v) is 2.35. The minimum Gasteiger partial charge on any atom is -0.378 e. The highest BCUT2D eigenvalue weighted by Crippen LogP contribution is 2.39. The minimum atomic E-state index is 0.565. The third-order valence-electron chi connectivity index (χ3n) is 3.51. The van der Waals surface area contributed by atoms with Crippen LogP contribution in [0.2, 0.25) is 0 Å². The molecule has 2 aliphatic rings. The molecule has 94 valence electrons. The van der Waals surface area contributed by atoms with Gasteiger partial charge in [0.25, 0.3) is 0 Å². The summed E-state index contributed by atoms with van der Waals surface area (Å²) < 4.78 is 7.25. The predicted octanol–water partition coefficient (Wildman–Crippen LogP) is 0.838. The molecular formula is C12H15N5O. The first-order valence-electron chi connectivity index (χ1n) is 6.46. The Balaban J connectivity index is 1.79. The van der Waals surface area contributed by atoms with Crippen molar-refractivity contribution in [2.24, 2.45) is 0 Å². The van der Waals surface area contributed by atoms with E-state index in [4.69, 9.17) is 9.72 Å². The molecular weight excluding hydrogens is 230 g/mol. The molecule has 0 radical (unpaired) electrons. The lowest BCUT2D eigenvalue weighted by Crippen LogP contribution is -2.37. The second-order valence-corrected chi connectivity index (χ2v) is 4.86. The minimum absolute atomic E-state index is 0.565. The van der Waals surface area contributed by atoms with Gasteiger partial charge in [-0.2, -0.15) is 15.1 Å². The molecule has 0 amide bonds. The predicted molar refractivity (Wildman–Crippen MR) is 65.8 cm³/mol. The van der Waals surface area contributed by atoms with Crippen LogP contribution >= 0.6 is 0 Å². The summed E-state index contributed by atoms with van der Waals surface area (Å²) in [6.07, 6.45) is 4.22. The van der Waals surface area contributed by atoms with Crippen LogP contribution in [-0.4, -0.2) is 45.9 Å². The lowest BCUT2D eigenvalue weighted by molar-refractivity contribution is 0.122. The number of ether oxygens (including phenoxy) is 1. The number of aromatic nitrogens is 4. The van der Waals surface area contributed by atoms with Crippen LogP contribution in [0.4, 0.5) is 5.95 Å². The fraction of sp³-hybridized carbons (Fsp3) is 0.583. The number of hydrogen-bond donors (Lipinski definition) is 0. The highest BCUT2D eigenvalue weighted by Gasteiger charge is 2.29. The summed E-state index contributed by atoms with van der Waals surface area (Å²) in [6, 6.07) is 1.94. The first-order chi connectivity index (χ1) is 8.92. The summed E-state index contributed by atoms with van der Waals surface area (Å²) in [4.78, 5) is 11.5. The quantitative estimate of drug-likeness (QED) is 0.784. The Morgan fingerprint density at radius 3 is 2.78 bits per heavy atom. The van der Waals surface area contributed by atoms with Gasteiger partial charge in [0.1, 0.15) is 5.82 Å². The third kappa shape index (κ3) is 1.64. The van der Waals surface area contributed by atoms with Crippen molar-refractivity contribution in [1.82, 2.24) is 19.6 Å². The molecule has 0 spiro atoms. The van der Waals surface area contributed by atoms with Gasteiger partial charge >= 0.3 is 0 Å². The molecule has 0 aromatic carbocycles. The standard InChI is InChI=1S/C12H15N5O/c1-2-9(1)11-15-12(16-5-7-18-8-6-16)14-10-3-4-13-17(10)11/h3-4,9H,1-2,5-8H2. The average molecular weight is 245 g/mol. The van der Waals surface area contributed by atoms with Gasteiger partial charge in [-0.05, 0) is 12.8 Å². The highest BCUT2D eigenvalue weighted by molar-refractivity contribution is 5.45. The monoisotopic (exact) mass is 245 g/mol. The topological polar surface area (TPSA) is 55.5 Å². The Morgan fingerprint density at radius 2 is 2.00 bits per heavy atom. The number of rotatable bonds is 2. The molecule has 0 bridgehead atoms. The van der Waals surface area contributed by atoms with Gasteiger partial charge in [-0.25, -0.2) is 4.52 Å². The molecule has 4 rings (SSSR count). The van der Waals surface area contributed by atoms with E-state index in [1.165, 1.54) is 12.8 Å². The van der Waals surface area contributed by atoms with Gasteiger partial charge in [0.05, 0.1) is 19.4 Å². The van der Waals surface area contributed by atoms with Gasteiger partial charge in [0.2, 0.25) is 5.95 Å². The van der Waals surface area contributed by atoms with Crippen molar-refractivity contribution >= 4 is 11.6 Å². The van der Waals surface area contributed by atoms with Crippen LogP contribution in [-0.2, 0) is 4.74 Å². The van der Waals surface area contributed by atoms with Gasteiger partial charge in [-0.3, -0.25) is 0 Å². The number of fused-ring (bicyclic) bond motifs is 1. The molecule has 2 aromatic rings. The van der Waals surface area contributed by atoms with Crippen molar-refractivity contribution < 1.29 is 4.74 Å². The van der Waals surface area contributed by atoms with E-state index in [1.54, 1.807) is 6.20 Å². The van der Waals surface area contributed by atoms with Gasteiger partial charge < -0.3 is 9.64 Å². The van der Waals surface area contributed by atoms with Gasteiger partial charge in [0.15, 0.2) is 5.65 Å². The molecule has 1 saturated carbocycles. The molecule has 3 heterocycles. The number of nitrogens with zero attached hydrogens (tertiary/aromatic N) is 5.